The molecule has 4 fully saturated rings. The van der Waals surface area contributed by atoms with E-state index in [0.29, 0.717) is 16.3 Å². The highest BCUT2D eigenvalue weighted by atomic mass is 35.5. The molecule has 16 heavy (non-hydrogen) atoms. The molecule has 3 saturated carbocycles. The van der Waals surface area contributed by atoms with Crippen LogP contribution in [0.1, 0.15) is 33.6 Å². The Morgan fingerprint density at radius 3 is 2.62 bits per heavy atom. The van der Waals surface area contributed by atoms with Crippen molar-refractivity contribution in [3.05, 3.63) is 11.5 Å². The second kappa shape index (κ2) is 3.07. The molecule has 2 nitrogen and oxygen atoms in total. The SMILES string of the molecule is C=C(Cl)B1O[C@@H]2C[C@@H]3C[C@@H](C3(C)C)[C@]2(C)O1. The molecular weight excluding hydrogens is 222 g/mol. The fourth-order valence-electron chi connectivity index (χ4n) is 4.00. The monoisotopic (exact) mass is 240 g/mol. The lowest BCUT2D eigenvalue weighted by Crippen LogP contribution is -2.65. The molecule has 0 aromatic heterocycles. The van der Waals surface area contributed by atoms with Crippen molar-refractivity contribution < 1.29 is 9.31 Å². The van der Waals surface area contributed by atoms with Crippen molar-refractivity contribution >= 4 is 18.7 Å². The highest BCUT2D eigenvalue weighted by Crippen LogP contribution is 2.65. The molecule has 0 unspecified atom stereocenters. The number of hydrogen-bond donors (Lipinski definition) is 0. The van der Waals surface area contributed by atoms with Gasteiger partial charge in [0.2, 0.25) is 0 Å². The second-order valence-electron chi connectivity index (χ2n) is 6.25. The van der Waals surface area contributed by atoms with Gasteiger partial charge in [0.25, 0.3) is 0 Å². The molecule has 4 heteroatoms. The zero-order valence-corrected chi connectivity index (χ0v) is 10.9. The lowest BCUT2D eigenvalue weighted by molar-refractivity contribution is -0.199. The highest BCUT2D eigenvalue weighted by molar-refractivity contribution is 6.69. The number of halogens is 1. The molecule has 0 radical (unpaired) electrons. The van der Waals surface area contributed by atoms with Gasteiger partial charge in [-0.2, -0.15) is 0 Å². The van der Waals surface area contributed by atoms with Crippen molar-refractivity contribution in [1.82, 2.24) is 0 Å². The fraction of sp³-hybridized carbons (Fsp3) is 0.833. The Morgan fingerprint density at radius 2 is 2.06 bits per heavy atom. The van der Waals surface area contributed by atoms with Gasteiger partial charge in [-0.15, -0.1) is 0 Å². The van der Waals surface area contributed by atoms with Crippen LogP contribution >= 0.6 is 11.6 Å². The van der Waals surface area contributed by atoms with Gasteiger partial charge >= 0.3 is 7.12 Å². The topological polar surface area (TPSA) is 18.5 Å². The Kier molecular flexibility index (Phi) is 2.13. The number of rotatable bonds is 1. The minimum Gasteiger partial charge on any atom is -0.401 e. The molecule has 3 aliphatic carbocycles. The molecule has 0 N–H and O–H groups in total. The van der Waals surface area contributed by atoms with Gasteiger partial charge in [0.1, 0.15) is 0 Å². The summed E-state index contributed by atoms with van der Waals surface area (Å²) in [5, 5.41) is 0. The largest absolute Gasteiger partial charge is 0.506 e. The summed E-state index contributed by atoms with van der Waals surface area (Å²) >= 11 is 5.90. The predicted octanol–water partition coefficient (Wildman–Crippen LogP) is 3.01. The third-order valence-electron chi connectivity index (χ3n) is 5.20. The summed E-state index contributed by atoms with van der Waals surface area (Å²) in [6.45, 7) is 10.6. The molecule has 1 heterocycles. The summed E-state index contributed by atoms with van der Waals surface area (Å²) in [6.07, 6.45) is 2.57. The van der Waals surface area contributed by atoms with E-state index in [9.17, 15) is 0 Å². The van der Waals surface area contributed by atoms with Crippen molar-refractivity contribution in [2.24, 2.45) is 17.3 Å². The Balaban J connectivity index is 1.89. The normalized spacial score (nSPS) is 48.5. The Morgan fingerprint density at radius 1 is 1.38 bits per heavy atom. The van der Waals surface area contributed by atoms with Crippen LogP contribution in [0.3, 0.4) is 0 Å². The third-order valence-corrected chi connectivity index (χ3v) is 5.38. The summed E-state index contributed by atoms with van der Waals surface area (Å²) in [5.41, 5.74) is 0.220. The van der Waals surface area contributed by atoms with Crippen LogP contribution in [0.5, 0.6) is 0 Å². The Bertz CT molecular complexity index is 357. The third kappa shape index (κ3) is 1.17. The molecule has 88 valence electrons. The number of hydrogen-bond acceptors (Lipinski definition) is 2. The quantitative estimate of drug-likeness (QED) is 0.656. The summed E-state index contributed by atoms with van der Waals surface area (Å²) in [7, 11) is -0.410. The minimum atomic E-state index is -0.410. The first-order valence-corrected chi connectivity index (χ1v) is 6.41. The van der Waals surface area contributed by atoms with Crippen molar-refractivity contribution in [2.45, 2.75) is 45.3 Å². The van der Waals surface area contributed by atoms with Crippen LogP contribution in [0.2, 0.25) is 0 Å². The van der Waals surface area contributed by atoms with E-state index in [2.05, 4.69) is 27.4 Å². The average Bonchev–Trinajstić information content (AvgIpc) is 2.54. The van der Waals surface area contributed by atoms with Gasteiger partial charge < -0.3 is 9.31 Å². The van der Waals surface area contributed by atoms with Gasteiger partial charge in [0.15, 0.2) is 0 Å². The molecule has 0 spiro atoms. The Labute approximate surface area is 102 Å². The highest BCUT2D eigenvalue weighted by Gasteiger charge is 2.68. The minimum absolute atomic E-state index is 0.166. The van der Waals surface area contributed by atoms with Gasteiger partial charge in [-0.1, -0.05) is 32.0 Å². The molecular formula is C12H18BClO2. The second-order valence-corrected chi connectivity index (χ2v) is 6.73. The van der Waals surface area contributed by atoms with Gasteiger partial charge in [0, 0.05) is 4.93 Å². The van der Waals surface area contributed by atoms with Gasteiger partial charge in [0.05, 0.1) is 11.7 Å². The first-order chi connectivity index (χ1) is 7.35. The first-order valence-electron chi connectivity index (χ1n) is 6.03. The molecule has 1 aliphatic heterocycles. The van der Waals surface area contributed by atoms with Crippen LogP contribution in [0, 0.1) is 17.3 Å². The maximum Gasteiger partial charge on any atom is 0.506 e. The Hall–Kier alpha value is 0.0149. The van der Waals surface area contributed by atoms with E-state index in [1.165, 1.54) is 6.42 Å². The van der Waals surface area contributed by atoms with Crippen LogP contribution < -0.4 is 0 Å². The van der Waals surface area contributed by atoms with Gasteiger partial charge in [-0.05, 0) is 37.0 Å². The summed E-state index contributed by atoms with van der Waals surface area (Å²) < 4.78 is 11.9. The van der Waals surface area contributed by atoms with Crippen molar-refractivity contribution in [3.63, 3.8) is 0 Å². The summed E-state index contributed by atoms with van der Waals surface area (Å²) in [4.78, 5) is 0.464. The molecule has 4 aliphatic rings. The van der Waals surface area contributed by atoms with Gasteiger partial charge in [-0.25, -0.2) is 0 Å². The molecule has 0 aromatic rings. The summed E-state index contributed by atoms with van der Waals surface area (Å²) in [5.74, 6) is 1.37. The predicted molar refractivity (Wildman–Crippen MR) is 65.1 cm³/mol. The van der Waals surface area contributed by atoms with E-state index >= 15 is 0 Å². The zero-order valence-electron chi connectivity index (χ0n) is 10.1. The van der Waals surface area contributed by atoms with Crippen molar-refractivity contribution in [1.29, 1.82) is 0 Å². The average molecular weight is 241 g/mol. The standard InChI is InChI=1S/C12H18BClO2/c1-7(14)13-15-10-6-8-5-9(11(8,2)3)12(10,4)16-13/h8-10H,1,5-6H2,2-4H3/t8-,9-,10+,12-/m0/s1. The van der Waals surface area contributed by atoms with E-state index in [1.807, 2.05) is 0 Å². The van der Waals surface area contributed by atoms with Crippen LogP contribution in [-0.2, 0) is 9.31 Å². The molecule has 2 bridgehead atoms. The van der Waals surface area contributed by atoms with Crippen LogP contribution in [0.15, 0.2) is 11.5 Å². The maximum atomic E-state index is 6.05. The smallest absolute Gasteiger partial charge is 0.401 e. The van der Waals surface area contributed by atoms with Crippen LogP contribution in [0.25, 0.3) is 0 Å². The molecule has 0 amide bonds. The fourth-order valence-corrected chi connectivity index (χ4v) is 4.10. The molecule has 1 saturated heterocycles. The summed E-state index contributed by atoms with van der Waals surface area (Å²) in [6, 6.07) is 0. The lowest BCUT2D eigenvalue weighted by atomic mass is 9.43. The van der Waals surface area contributed by atoms with Crippen LogP contribution in [-0.4, -0.2) is 18.8 Å². The van der Waals surface area contributed by atoms with E-state index in [1.54, 1.807) is 0 Å². The van der Waals surface area contributed by atoms with Crippen molar-refractivity contribution in [3.8, 4) is 0 Å². The lowest BCUT2D eigenvalue weighted by Gasteiger charge is -2.64. The van der Waals surface area contributed by atoms with Gasteiger partial charge in [-0.3, -0.25) is 0 Å². The molecule has 0 aromatic carbocycles. The molecule has 4 rings (SSSR count). The van der Waals surface area contributed by atoms with E-state index in [-0.39, 0.29) is 11.7 Å². The van der Waals surface area contributed by atoms with E-state index in [4.69, 9.17) is 20.9 Å². The van der Waals surface area contributed by atoms with Crippen LogP contribution in [0.4, 0.5) is 0 Å². The van der Waals surface area contributed by atoms with E-state index < -0.39 is 7.12 Å². The maximum absolute atomic E-state index is 6.05. The zero-order chi connectivity index (χ0) is 11.7. The van der Waals surface area contributed by atoms with Crippen molar-refractivity contribution in [2.75, 3.05) is 0 Å². The molecule has 4 atom stereocenters. The van der Waals surface area contributed by atoms with E-state index in [0.717, 1.165) is 12.3 Å². The first kappa shape index (κ1) is 11.1.